The number of benzene rings is 1. The second-order valence-corrected chi connectivity index (χ2v) is 6.20. The number of piperidine rings is 1. The van der Waals surface area contributed by atoms with Gasteiger partial charge < -0.3 is 10.0 Å². The van der Waals surface area contributed by atoms with Gasteiger partial charge in [0.2, 0.25) is 5.91 Å². The molecule has 1 N–H and O–H groups in total. The highest BCUT2D eigenvalue weighted by Gasteiger charge is 2.29. The predicted molar refractivity (Wildman–Crippen MR) is 81.9 cm³/mol. The molecular formula is C15H17Cl2NO2. The molecule has 1 aliphatic heterocycles. The molecule has 20 heavy (non-hydrogen) atoms. The second kappa shape index (κ2) is 6.17. The molecule has 0 spiro atoms. The summed E-state index contributed by atoms with van der Waals surface area (Å²) in [6.45, 7) is 2.78. The molecule has 108 valence electrons. The first-order chi connectivity index (χ1) is 9.37. The maximum atomic E-state index is 12.1. The Morgan fingerprint density at radius 3 is 2.90 bits per heavy atom. The molecule has 0 aromatic heterocycles. The number of amides is 1. The van der Waals surface area contributed by atoms with Gasteiger partial charge in [-0.05, 0) is 49.6 Å². The van der Waals surface area contributed by atoms with E-state index < -0.39 is 5.60 Å². The number of carbonyl (C=O) groups excluding carboxylic acids is 1. The van der Waals surface area contributed by atoms with Gasteiger partial charge in [0.15, 0.2) is 0 Å². The minimum atomic E-state index is -0.796. The molecule has 1 heterocycles. The standard InChI is InChI=1S/C15H17Cl2NO2/c1-15(20)7-2-8-18(10-15)14(19)6-3-11-9-12(16)4-5-13(11)17/h3-6,9,20H,2,7-8,10H2,1H3/b6-3+. The Hall–Kier alpha value is -1.03. The molecule has 0 radical (unpaired) electrons. The van der Waals surface area contributed by atoms with Crippen molar-refractivity contribution in [1.29, 1.82) is 0 Å². The molecule has 1 amide bonds. The highest BCUT2D eigenvalue weighted by molar-refractivity contribution is 6.34. The SMILES string of the molecule is CC1(O)CCCN(C(=O)/C=C/c2cc(Cl)ccc2Cl)C1. The Bertz CT molecular complexity index is 541. The van der Waals surface area contributed by atoms with Crippen LogP contribution in [0.1, 0.15) is 25.3 Å². The predicted octanol–water partition coefficient (Wildman–Crippen LogP) is 3.38. The number of likely N-dealkylation sites (tertiary alicyclic amines) is 1. The normalized spacial score (nSPS) is 23.3. The molecule has 0 saturated carbocycles. The van der Waals surface area contributed by atoms with E-state index in [2.05, 4.69) is 0 Å². The highest BCUT2D eigenvalue weighted by atomic mass is 35.5. The average Bonchev–Trinajstić information content (AvgIpc) is 2.38. The maximum Gasteiger partial charge on any atom is 0.246 e. The number of carbonyl (C=O) groups is 1. The van der Waals surface area contributed by atoms with Gasteiger partial charge >= 0.3 is 0 Å². The molecule has 5 heteroatoms. The van der Waals surface area contributed by atoms with E-state index in [0.29, 0.717) is 28.7 Å². The summed E-state index contributed by atoms with van der Waals surface area (Å²) >= 11 is 11.9. The van der Waals surface area contributed by atoms with Crippen LogP contribution in [-0.4, -0.2) is 34.6 Å². The lowest BCUT2D eigenvalue weighted by atomic mass is 9.95. The van der Waals surface area contributed by atoms with Crippen LogP contribution < -0.4 is 0 Å². The second-order valence-electron chi connectivity index (χ2n) is 5.36. The number of nitrogens with zero attached hydrogens (tertiary/aromatic N) is 1. The van der Waals surface area contributed by atoms with Gasteiger partial charge in [0.1, 0.15) is 0 Å². The van der Waals surface area contributed by atoms with Crippen LogP contribution in [0.15, 0.2) is 24.3 Å². The summed E-state index contributed by atoms with van der Waals surface area (Å²) in [6.07, 6.45) is 4.66. The molecule has 1 fully saturated rings. The summed E-state index contributed by atoms with van der Waals surface area (Å²) in [6, 6.07) is 5.10. The van der Waals surface area contributed by atoms with Crippen molar-refractivity contribution in [3.8, 4) is 0 Å². The fourth-order valence-electron chi connectivity index (χ4n) is 2.32. The van der Waals surface area contributed by atoms with Crippen LogP contribution in [0.4, 0.5) is 0 Å². The van der Waals surface area contributed by atoms with Crippen molar-refractivity contribution in [3.05, 3.63) is 39.9 Å². The van der Waals surface area contributed by atoms with E-state index >= 15 is 0 Å². The van der Waals surface area contributed by atoms with Crippen molar-refractivity contribution < 1.29 is 9.90 Å². The van der Waals surface area contributed by atoms with E-state index in [1.165, 1.54) is 6.08 Å². The zero-order valence-corrected chi connectivity index (χ0v) is 12.8. The molecule has 1 unspecified atom stereocenters. The van der Waals surface area contributed by atoms with E-state index in [4.69, 9.17) is 23.2 Å². The Balaban J connectivity index is 2.07. The number of aliphatic hydroxyl groups is 1. The van der Waals surface area contributed by atoms with E-state index in [1.807, 2.05) is 0 Å². The van der Waals surface area contributed by atoms with Crippen LogP contribution >= 0.6 is 23.2 Å². The number of hydrogen-bond donors (Lipinski definition) is 1. The number of β-amino-alcohol motifs (C(OH)–C–C–N with tert-alkyl or cyclic N) is 1. The third-order valence-electron chi connectivity index (χ3n) is 3.35. The van der Waals surface area contributed by atoms with Crippen LogP contribution in [0.5, 0.6) is 0 Å². The van der Waals surface area contributed by atoms with Crippen LogP contribution in [0.25, 0.3) is 6.08 Å². The first-order valence-corrected chi connectivity index (χ1v) is 7.27. The summed E-state index contributed by atoms with van der Waals surface area (Å²) in [4.78, 5) is 13.8. The minimum absolute atomic E-state index is 0.124. The van der Waals surface area contributed by atoms with Gasteiger partial charge in [-0.25, -0.2) is 0 Å². The molecule has 0 bridgehead atoms. The first-order valence-electron chi connectivity index (χ1n) is 6.52. The molecule has 3 nitrogen and oxygen atoms in total. The van der Waals surface area contributed by atoms with Crippen molar-refractivity contribution in [2.24, 2.45) is 0 Å². The van der Waals surface area contributed by atoms with Gasteiger partial charge in [-0.1, -0.05) is 23.2 Å². The first kappa shape index (κ1) is 15.4. The maximum absolute atomic E-state index is 12.1. The lowest BCUT2D eigenvalue weighted by Crippen LogP contribution is -2.48. The fraction of sp³-hybridized carbons (Fsp3) is 0.400. The average molecular weight is 314 g/mol. The van der Waals surface area contributed by atoms with Gasteiger partial charge in [0.25, 0.3) is 0 Å². The molecule has 1 saturated heterocycles. The number of hydrogen-bond acceptors (Lipinski definition) is 2. The molecule has 1 aromatic carbocycles. The molecule has 2 rings (SSSR count). The van der Waals surface area contributed by atoms with Crippen LogP contribution in [0, 0.1) is 0 Å². The topological polar surface area (TPSA) is 40.5 Å². The summed E-state index contributed by atoms with van der Waals surface area (Å²) in [5, 5.41) is 11.1. The zero-order valence-electron chi connectivity index (χ0n) is 11.3. The van der Waals surface area contributed by atoms with Crippen LogP contribution in [0.2, 0.25) is 10.0 Å². The minimum Gasteiger partial charge on any atom is -0.388 e. The lowest BCUT2D eigenvalue weighted by molar-refractivity contribution is -0.132. The van der Waals surface area contributed by atoms with E-state index in [-0.39, 0.29) is 5.91 Å². The molecule has 0 aliphatic carbocycles. The van der Waals surface area contributed by atoms with Gasteiger partial charge in [0, 0.05) is 29.2 Å². The van der Waals surface area contributed by atoms with Crippen molar-refractivity contribution in [3.63, 3.8) is 0 Å². The third kappa shape index (κ3) is 3.98. The van der Waals surface area contributed by atoms with Gasteiger partial charge in [-0.2, -0.15) is 0 Å². The molecule has 1 atom stereocenters. The number of halogens is 2. The van der Waals surface area contributed by atoms with Crippen LogP contribution in [-0.2, 0) is 4.79 Å². The largest absolute Gasteiger partial charge is 0.388 e. The smallest absolute Gasteiger partial charge is 0.246 e. The van der Waals surface area contributed by atoms with Crippen molar-refractivity contribution in [2.45, 2.75) is 25.4 Å². The van der Waals surface area contributed by atoms with Gasteiger partial charge in [-0.3, -0.25) is 4.79 Å². The molecule has 1 aromatic rings. The Kier molecular flexibility index (Phi) is 4.74. The fourth-order valence-corrected chi connectivity index (χ4v) is 2.68. The summed E-state index contributed by atoms with van der Waals surface area (Å²) in [7, 11) is 0. The third-order valence-corrected chi connectivity index (χ3v) is 3.93. The zero-order chi connectivity index (χ0) is 14.8. The van der Waals surface area contributed by atoms with Gasteiger partial charge in [-0.15, -0.1) is 0 Å². The Labute approximate surface area is 128 Å². The summed E-state index contributed by atoms with van der Waals surface area (Å²) < 4.78 is 0. The van der Waals surface area contributed by atoms with Crippen molar-refractivity contribution >= 4 is 35.2 Å². The highest BCUT2D eigenvalue weighted by Crippen LogP contribution is 2.23. The monoisotopic (exact) mass is 313 g/mol. The van der Waals surface area contributed by atoms with E-state index in [9.17, 15) is 9.90 Å². The molecule has 1 aliphatic rings. The molecular weight excluding hydrogens is 297 g/mol. The van der Waals surface area contributed by atoms with Crippen molar-refractivity contribution in [1.82, 2.24) is 4.90 Å². The lowest BCUT2D eigenvalue weighted by Gasteiger charge is -2.36. The Morgan fingerprint density at radius 2 is 2.20 bits per heavy atom. The number of rotatable bonds is 2. The van der Waals surface area contributed by atoms with Crippen molar-refractivity contribution in [2.75, 3.05) is 13.1 Å². The quantitative estimate of drug-likeness (QED) is 0.850. The summed E-state index contributed by atoms with van der Waals surface area (Å²) in [5.74, 6) is -0.124. The Morgan fingerprint density at radius 1 is 1.45 bits per heavy atom. The van der Waals surface area contributed by atoms with E-state index in [0.717, 1.165) is 12.8 Å². The van der Waals surface area contributed by atoms with E-state index in [1.54, 1.807) is 36.1 Å². The van der Waals surface area contributed by atoms with Crippen LogP contribution in [0.3, 0.4) is 0 Å². The van der Waals surface area contributed by atoms with Gasteiger partial charge in [0.05, 0.1) is 5.60 Å². The summed E-state index contributed by atoms with van der Waals surface area (Å²) in [5.41, 5.74) is -0.0913.